The molecule has 2 unspecified atom stereocenters. The van der Waals surface area contributed by atoms with Crippen LogP contribution in [-0.4, -0.2) is 120 Å². The van der Waals surface area contributed by atoms with E-state index < -0.39 is 17.5 Å². The third-order valence-electron chi connectivity index (χ3n) is 11.1. The summed E-state index contributed by atoms with van der Waals surface area (Å²) in [6.07, 6.45) is 4.58. The Morgan fingerprint density at radius 2 is 1.45 bits per heavy atom. The van der Waals surface area contributed by atoms with Gasteiger partial charge in [-0.05, 0) is 60.9 Å². The van der Waals surface area contributed by atoms with Gasteiger partial charge in [-0.2, -0.15) is 12.6 Å². The highest BCUT2D eigenvalue weighted by molar-refractivity contribution is 7.80. The molecule has 5 rings (SSSR count). The molecule has 14 heteroatoms. The quantitative estimate of drug-likeness (QED) is 0.103. The van der Waals surface area contributed by atoms with Gasteiger partial charge in [-0.3, -0.25) is 24.0 Å². The molecule has 13 nitrogen and oxygen atoms in total. The zero-order valence-electron chi connectivity index (χ0n) is 33.8. The molecule has 3 aromatic carbocycles. The Labute approximate surface area is 347 Å². The lowest BCUT2D eigenvalue weighted by Crippen LogP contribution is -2.60. The number of nitrogens with one attached hydrogen (secondary N) is 4. The van der Waals surface area contributed by atoms with Gasteiger partial charge in [-0.1, -0.05) is 79.2 Å². The Hall–Kier alpha value is -5.11. The fourth-order valence-electron chi connectivity index (χ4n) is 8.00. The highest BCUT2D eigenvalue weighted by Crippen LogP contribution is 2.35. The van der Waals surface area contributed by atoms with E-state index in [4.69, 9.17) is 0 Å². The van der Waals surface area contributed by atoms with Crippen LogP contribution in [0.15, 0.2) is 72.8 Å². The second-order valence-corrected chi connectivity index (χ2v) is 15.8. The zero-order chi connectivity index (χ0) is 41.5. The zero-order valence-corrected chi connectivity index (χ0v) is 34.7. The number of hydrogen-bond donors (Lipinski definition) is 5. The number of nitrogens with zero attached hydrogens (tertiary/aromatic N) is 3. The van der Waals surface area contributed by atoms with E-state index in [-0.39, 0.29) is 54.3 Å². The van der Waals surface area contributed by atoms with Crippen molar-refractivity contribution in [2.75, 3.05) is 58.1 Å². The predicted molar refractivity (Wildman–Crippen MR) is 228 cm³/mol. The fraction of sp³-hybridized carbons (Fsp3) is 0.500. The Morgan fingerprint density at radius 3 is 2.16 bits per heavy atom. The molecule has 312 valence electrons. The van der Waals surface area contributed by atoms with Crippen LogP contribution in [-0.2, 0) is 36.8 Å². The Bertz CT molecular complexity index is 1890. The van der Waals surface area contributed by atoms with Gasteiger partial charge in [-0.15, -0.1) is 0 Å². The number of amides is 7. The monoisotopic (exact) mass is 813 g/mol. The largest absolute Gasteiger partial charge is 0.356 e. The highest BCUT2D eigenvalue weighted by atomic mass is 32.1. The second kappa shape index (κ2) is 21.6. The molecular weight excluding hydrogens is 755 g/mol. The Morgan fingerprint density at radius 1 is 0.741 bits per heavy atom. The maximum Gasteiger partial charge on any atom is 0.318 e. The molecule has 2 saturated heterocycles. The summed E-state index contributed by atoms with van der Waals surface area (Å²) in [6.45, 7) is 6.37. The van der Waals surface area contributed by atoms with Crippen LogP contribution < -0.4 is 21.3 Å². The first-order valence-electron chi connectivity index (χ1n) is 20.6. The number of likely N-dealkylation sites (tertiary alicyclic amines) is 1. The number of rotatable bonds is 17. The summed E-state index contributed by atoms with van der Waals surface area (Å²) < 4.78 is 0. The summed E-state index contributed by atoms with van der Waals surface area (Å²) >= 11 is 4.13. The number of carbonyl (C=O) groups is 6. The maximum atomic E-state index is 14.6. The molecule has 0 bridgehead atoms. The molecule has 0 aliphatic carbocycles. The van der Waals surface area contributed by atoms with Gasteiger partial charge in [0.15, 0.2) is 0 Å². The molecule has 2 aliphatic heterocycles. The molecular formula is C44H59N7O6S. The van der Waals surface area contributed by atoms with Gasteiger partial charge in [0, 0.05) is 77.9 Å². The van der Waals surface area contributed by atoms with Crippen molar-refractivity contribution in [3.8, 4) is 0 Å². The number of piperidine rings is 1. The lowest BCUT2D eigenvalue weighted by molar-refractivity contribution is -0.143. The van der Waals surface area contributed by atoms with Crippen LogP contribution in [0.4, 0.5) is 4.79 Å². The smallest absolute Gasteiger partial charge is 0.318 e. The minimum absolute atomic E-state index is 0.0189. The van der Waals surface area contributed by atoms with Crippen molar-refractivity contribution in [3.63, 3.8) is 0 Å². The third kappa shape index (κ3) is 12.2. The molecule has 58 heavy (non-hydrogen) atoms. The van der Waals surface area contributed by atoms with E-state index in [2.05, 4.69) is 40.0 Å². The van der Waals surface area contributed by atoms with Gasteiger partial charge in [0.1, 0.15) is 12.1 Å². The van der Waals surface area contributed by atoms with Gasteiger partial charge in [-0.25, -0.2) is 4.79 Å². The van der Waals surface area contributed by atoms with Crippen LogP contribution in [0.2, 0.25) is 0 Å². The van der Waals surface area contributed by atoms with Crippen LogP contribution in [0.1, 0.15) is 63.5 Å². The molecule has 0 spiro atoms. The summed E-state index contributed by atoms with van der Waals surface area (Å²) in [6, 6.07) is 22.1. The molecule has 7 amide bonds. The number of benzene rings is 3. The van der Waals surface area contributed by atoms with Crippen molar-refractivity contribution in [3.05, 3.63) is 83.9 Å². The number of urea groups is 1. The van der Waals surface area contributed by atoms with Gasteiger partial charge >= 0.3 is 6.03 Å². The maximum absolute atomic E-state index is 14.6. The van der Waals surface area contributed by atoms with E-state index in [1.165, 1.54) is 6.92 Å². The molecule has 3 aromatic rings. The van der Waals surface area contributed by atoms with E-state index in [0.29, 0.717) is 84.3 Å². The number of hydrogen-bond acceptors (Lipinski definition) is 7. The van der Waals surface area contributed by atoms with Crippen molar-refractivity contribution >= 4 is 59.0 Å². The normalized spacial score (nSPS) is 17.9. The van der Waals surface area contributed by atoms with Gasteiger partial charge < -0.3 is 36.0 Å². The summed E-state index contributed by atoms with van der Waals surface area (Å²) in [5.74, 6) is -0.633. The highest BCUT2D eigenvalue weighted by Gasteiger charge is 2.44. The molecule has 2 heterocycles. The van der Waals surface area contributed by atoms with Crippen LogP contribution in [0.5, 0.6) is 0 Å². The SMILES string of the molecule is CCNC(=O)[C@]1(Cc2ccccc2)CCCN(C(=O)C(Cc2ccc3ccccc3c2)NC(=O)N2CCN(C(=O)CCCCCNC(=O)C(CS)NC(C)=O)CC2)C1. The van der Waals surface area contributed by atoms with E-state index in [9.17, 15) is 28.8 Å². The third-order valence-corrected chi connectivity index (χ3v) is 11.5. The van der Waals surface area contributed by atoms with E-state index >= 15 is 0 Å². The number of unbranched alkanes of at least 4 members (excludes halogenated alkanes) is 2. The van der Waals surface area contributed by atoms with Crippen LogP contribution in [0.3, 0.4) is 0 Å². The van der Waals surface area contributed by atoms with Crippen molar-refractivity contribution in [1.29, 1.82) is 0 Å². The van der Waals surface area contributed by atoms with E-state index in [0.717, 1.165) is 28.3 Å². The average Bonchev–Trinajstić information content (AvgIpc) is 3.23. The standard InChI is InChI=1S/C44H59N7O6S/c1-3-45-42(56)44(29-33-13-6-4-7-14-33)20-12-22-51(31-44)41(55)37(28-34-18-19-35-15-9-10-16-36(35)27-34)48-43(57)50-25-23-49(24-26-50)39(53)17-8-5-11-21-46-40(54)38(30-58)47-32(2)52/h4,6-7,9-10,13-16,18-19,27,37-38,58H,3,5,8,11-12,17,20-26,28-31H2,1-2H3,(H,45,56)(H,46,54)(H,47,52)(H,48,57)/t37?,38?,44-/m0/s1. The predicted octanol–water partition coefficient (Wildman–Crippen LogP) is 3.70. The topological polar surface area (TPSA) is 160 Å². The van der Waals surface area contributed by atoms with Crippen LogP contribution in [0, 0.1) is 5.41 Å². The Balaban J connectivity index is 1.19. The van der Waals surface area contributed by atoms with Crippen molar-refractivity contribution in [2.45, 2.75) is 77.3 Å². The summed E-state index contributed by atoms with van der Waals surface area (Å²) in [5.41, 5.74) is 1.15. The number of piperazine rings is 1. The van der Waals surface area contributed by atoms with Crippen LogP contribution >= 0.6 is 12.6 Å². The first kappa shape index (κ1) is 44.0. The lowest BCUT2D eigenvalue weighted by atomic mass is 9.74. The van der Waals surface area contributed by atoms with E-state index in [1.807, 2.05) is 73.7 Å². The molecule has 0 radical (unpaired) electrons. The van der Waals surface area contributed by atoms with Gasteiger partial charge in [0.25, 0.3) is 0 Å². The van der Waals surface area contributed by atoms with Gasteiger partial charge in [0.2, 0.25) is 29.5 Å². The minimum atomic E-state index is -0.867. The molecule has 2 aliphatic rings. The second-order valence-electron chi connectivity index (χ2n) is 15.5. The minimum Gasteiger partial charge on any atom is -0.356 e. The first-order chi connectivity index (χ1) is 28.0. The van der Waals surface area contributed by atoms with Crippen molar-refractivity contribution in [2.24, 2.45) is 5.41 Å². The molecule has 3 atom stereocenters. The molecule has 4 N–H and O–H groups in total. The Kier molecular flexibility index (Phi) is 16.4. The van der Waals surface area contributed by atoms with Crippen LogP contribution in [0.25, 0.3) is 10.8 Å². The fourth-order valence-corrected chi connectivity index (χ4v) is 8.25. The van der Waals surface area contributed by atoms with Crippen molar-refractivity contribution < 1.29 is 28.8 Å². The van der Waals surface area contributed by atoms with Crippen molar-refractivity contribution in [1.82, 2.24) is 36.0 Å². The van der Waals surface area contributed by atoms with Gasteiger partial charge in [0.05, 0.1) is 5.41 Å². The summed E-state index contributed by atoms with van der Waals surface area (Å²) in [4.78, 5) is 84.0. The molecule has 0 aromatic heterocycles. The molecule has 0 saturated carbocycles. The molecule has 2 fully saturated rings. The lowest BCUT2D eigenvalue weighted by Gasteiger charge is -2.43. The average molecular weight is 814 g/mol. The first-order valence-corrected chi connectivity index (χ1v) is 21.2. The number of carbonyl (C=O) groups excluding carboxylic acids is 6. The number of fused-ring (bicyclic) bond motifs is 1. The van der Waals surface area contributed by atoms with E-state index in [1.54, 1.807) is 14.7 Å². The summed E-state index contributed by atoms with van der Waals surface area (Å²) in [5, 5.41) is 13.6. The summed E-state index contributed by atoms with van der Waals surface area (Å²) in [7, 11) is 0. The number of thiol groups is 1.